The Labute approximate surface area is 170 Å². The molecule has 0 bridgehead atoms. The van der Waals surface area contributed by atoms with Crippen LogP contribution < -0.4 is 5.32 Å². The number of aryl methyl sites for hydroxylation is 1. The Kier molecular flexibility index (Phi) is 4.98. The number of aromatic hydroxyl groups is 1. The molecule has 2 atom stereocenters. The maximum atomic E-state index is 12.0. The molecule has 1 aliphatic heterocycles. The molecule has 0 saturated heterocycles. The first-order valence-electron chi connectivity index (χ1n) is 9.68. The van der Waals surface area contributed by atoms with Crippen molar-refractivity contribution in [1.82, 2.24) is 9.80 Å². The molecule has 2 N–H and O–H groups in total. The summed E-state index contributed by atoms with van der Waals surface area (Å²) in [6.07, 6.45) is 2.94. The van der Waals surface area contributed by atoms with Gasteiger partial charge < -0.3 is 20.2 Å². The molecule has 0 saturated carbocycles. The average molecular weight is 400 g/mol. The first kappa shape index (κ1) is 19.1. The Bertz CT molecular complexity index is 928. The topological polar surface area (TPSA) is 55.8 Å². The molecule has 28 heavy (non-hydrogen) atoms. The van der Waals surface area contributed by atoms with Gasteiger partial charge in [0.1, 0.15) is 5.75 Å². The van der Waals surface area contributed by atoms with Gasteiger partial charge in [0.25, 0.3) is 0 Å². The number of hydrogen-bond acceptors (Lipinski definition) is 3. The van der Waals surface area contributed by atoms with E-state index >= 15 is 0 Å². The molecule has 0 aromatic heterocycles. The van der Waals surface area contributed by atoms with Crippen LogP contribution in [0.5, 0.6) is 5.75 Å². The number of anilines is 1. The largest absolute Gasteiger partial charge is 0.506 e. The van der Waals surface area contributed by atoms with Crippen LogP contribution in [0.2, 0.25) is 5.02 Å². The van der Waals surface area contributed by atoms with Crippen LogP contribution in [-0.2, 0) is 12.8 Å². The number of nitrogens with one attached hydrogen (secondary N) is 1. The monoisotopic (exact) mass is 399 g/mol. The second-order valence-electron chi connectivity index (χ2n) is 8.05. The minimum absolute atomic E-state index is 0.132. The molecule has 2 aromatic carbocycles. The summed E-state index contributed by atoms with van der Waals surface area (Å²) in [5.41, 5.74) is 5.73. The molecule has 4 rings (SSSR count). The highest BCUT2D eigenvalue weighted by molar-refractivity contribution is 6.32. The normalized spacial score (nSPS) is 21.1. The third-order valence-electron chi connectivity index (χ3n) is 6.07. The van der Waals surface area contributed by atoms with Crippen LogP contribution in [0.1, 0.15) is 34.6 Å². The minimum Gasteiger partial charge on any atom is -0.506 e. The van der Waals surface area contributed by atoms with Crippen molar-refractivity contribution in [2.75, 3.05) is 33.0 Å². The molecule has 5 nitrogen and oxygen atoms in total. The molecule has 1 aliphatic carbocycles. The summed E-state index contributed by atoms with van der Waals surface area (Å²) in [6, 6.07) is 10.2. The summed E-state index contributed by atoms with van der Waals surface area (Å²) in [4.78, 5) is 16.0. The number of benzene rings is 2. The van der Waals surface area contributed by atoms with E-state index in [9.17, 15) is 9.90 Å². The summed E-state index contributed by atoms with van der Waals surface area (Å²) in [6.45, 7) is 0.974. The van der Waals surface area contributed by atoms with Gasteiger partial charge in [0.05, 0.1) is 5.02 Å². The Hall–Kier alpha value is -2.24. The van der Waals surface area contributed by atoms with Gasteiger partial charge in [-0.15, -0.1) is 0 Å². The number of phenolic OH excluding ortho intramolecular Hbond substituents is 1. The zero-order valence-corrected chi connectivity index (χ0v) is 17.3. The second kappa shape index (κ2) is 7.30. The number of rotatable bonds is 1. The highest BCUT2D eigenvalue weighted by Gasteiger charge is 2.37. The van der Waals surface area contributed by atoms with Crippen molar-refractivity contribution in [2.24, 2.45) is 0 Å². The highest BCUT2D eigenvalue weighted by atomic mass is 35.5. The Morgan fingerprint density at radius 3 is 2.68 bits per heavy atom. The van der Waals surface area contributed by atoms with Crippen molar-refractivity contribution in [3.8, 4) is 5.75 Å². The number of nitrogens with zero attached hydrogens (tertiary/aromatic N) is 2. The van der Waals surface area contributed by atoms with Crippen molar-refractivity contribution >= 4 is 23.3 Å². The van der Waals surface area contributed by atoms with Crippen LogP contribution in [0, 0.1) is 0 Å². The Morgan fingerprint density at radius 2 is 1.93 bits per heavy atom. The predicted molar refractivity (Wildman–Crippen MR) is 113 cm³/mol. The first-order valence-corrected chi connectivity index (χ1v) is 10.1. The van der Waals surface area contributed by atoms with Crippen molar-refractivity contribution in [2.45, 2.75) is 31.2 Å². The van der Waals surface area contributed by atoms with Gasteiger partial charge >= 0.3 is 6.03 Å². The zero-order chi connectivity index (χ0) is 20.0. The Morgan fingerprint density at radius 1 is 1.18 bits per heavy atom. The number of hydrogen-bond donors (Lipinski definition) is 2. The fraction of sp³-hybridized carbons (Fsp3) is 0.409. The lowest BCUT2D eigenvalue weighted by atomic mass is 9.74. The number of halogens is 1. The molecule has 1 heterocycles. The molecule has 6 heteroatoms. The summed E-state index contributed by atoms with van der Waals surface area (Å²) < 4.78 is 0. The van der Waals surface area contributed by atoms with E-state index < -0.39 is 0 Å². The van der Waals surface area contributed by atoms with E-state index in [1.807, 2.05) is 18.2 Å². The van der Waals surface area contributed by atoms with Crippen LogP contribution in [-0.4, -0.2) is 54.7 Å². The SMILES string of the molecule is CN(C)C(=O)Nc1ccc2c(c1)CC[C@H]1[C@H]2c2cc(O)c(Cl)cc2CCN1C. The van der Waals surface area contributed by atoms with Gasteiger partial charge in [0.15, 0.2) is 0 Å². The number of carbonyl (C=O) groups excluding carboxylic acids is 1. The zero-order valence-electron chi connectivity index (χ0n) is 16.5. The van der Waals surface area contributed by atoms with E-state index in [0.717, 1.165) is 31.5 Å². The van der Waals surface area contributed by atoms with Gasteiger partial charge in [0, 0.05) is 38.3 Å². The smallest absolute Gasteiger partial charge is 0.321 e. The van der Waals surface area contributed by atoms with Crippen molar-refractivity contribution in [3.05, 3.63) is 57.6 Å². The van der Waals surface area contributed by atoms with E-state index in [-0.39, 0.29) is 17.7 Å². The minimum atomic E-state index is -0.132. The third-order valence-corrected chi connectivity index (χ3v) is 6.38. The lowest BCUT2D eigenvalue weighted by Gasteiger charge is -2.38. The number of carbonyl (C=O) groups is 1. The summed E-state index contributed by atoms with van der Waals surface area (Å²) >= 11 is 6.20. The molecule has 0 fully saturated rings. The molecule has 0 radical (unpaired) electrons. The second-order valence-corrected chi connectivity index (χ2v) is 8.46. The lowest BCUT2D eigenvalue weighted by Crippen LogP contribution is -2.39. The predicted octanol–water partition coefficient (Wildman–Crippen LogP) is 4.07. The fourth-order valence-corrected chi connectivity index (χ4v) is 4.74. The maximum absolute atomic E-state index is 12.0. The van der Waals surface area contributed by atoms with Gasteiger partial charge in [-0.05, 0) is 72.8 Å². The Balaban J connectivity index is 1.78. The number of urea groups is 1. The molecule has 0 spiro atoms. The number of fused-ring (bicyclic) bond motifs is 5. The average Bonchev–Trinajstić information content (AvgIpc) is 2.79. The molecule has 148 valence electrons. The highest BCUT2D eigenvalue weighted by Crippen LogP contribution is 2.44. The molecule has 0 unspecified atom stereocenters. The molecule has 2 aliphatic rings. The van der Waals surface area contributed by atoms with Crippen LogP contribution in [0.25, 0.3) is 0 Å². The van der Waals surface area contributed by atoms with Crippen molar-refractivity contribution in [3.63, 3.8) is 0 Å². The van der Waals surface area contributed by atoms with Crippen molar-refractivity contribution in [1.29, 1.82) is 0 Å². The van der Waals surface area contributed by atoms with Gasteiger partial charge in [0.2, 0.25) is 0 Å². The first-order chi connectivity index (χ1) is 13.3. The number of amides is 2. The molecule has 2 amide bonds. The number of likely N-dealkylation sites (N-methyl/N-ethyl adjacent to an activating group) is 1. The van der Waals surface area contributed by atoms with Gasteiger partial charge in [-0.3, -0.25) is 0 Å². The van der Waals surface area contributed by atoms with E-state index in [0.29, 0.717) is 11.1 Å². The standard InChI is InChI=1S/C22H26ClN3O2/c1-25(2)22(28)24-15-5-6-16-13(10-15)4-7-19-21(16)17-12-20(27)18(23)11-14(17)8-9-26(19)3/h5-6,10-12,19,21,27H,4,7-9H2,1-3H3,(H,24,28)/t19-,21+/m0/s1. The maximum Gasteiger partial charge on any atom is 0.321 e. The van der Waals surface area contributed by atoms with Crippen LogP contribution in [0.3, 0.4) is 0 Å². The quantitative estimate of drug-likeness (QED) is 0.759. The van der Waals surface area contributed by atoms with Gasteiger partial charge in [-0.2, -0.15) is 0 Å². The van der Waals surface area contributed by atoms with Crippen LogP contribution >= 0.6 is 11.6 Å². The summed E-state index contributed by atoms with van der Waals surface area (Å²) in [5.74, 6) is 0.332. The molecule has 2 aromatic rings. The summed E-state index contributed by atoms with van der Waals surface area (Å²) in [5, 5.41) is 13.6. The molecular weight excluding hydrogens is 374 g/mol. The summed E-state index contributed by atoms with van der Waals surface area (Å²) in [7, 11) is 5.64. The van der Waals surface area contributed by atoms with Crippen LogP contribution in [0.4, 0.5) is 10.5 Å². The van der Waals surface area contributed by atoms with Gasteiger partial charge in [-0.1, -0.05) is 17.7 Å². The van der Waals surface area contributed by atoms with Gasteiger partial charge in [-0.25, -0.2) is 4.79 Å². The molecular formula is C22H26ClN3O2. The van der Waals surface area contributed by atoms with Crippen molar-refractivity contribution < 1.29 is 9.90 Å². The van der Waals surface area contributed by atoms with E-state index in [2.05, 4.69) is 29.4 Å². The fourth-order valence-electron chi connectivity index (χ4n) is 4.55. The van der Waals surface area contributed by atoms with E-state index in [1.165, 1.54) is 27.2 Å². The van der Waals surface area contributed by atoms with E-state index in [4.69, 9.17) is 11.6 Å². The number of phenols is 1. The third kappa shape index (κ3) is 3.33. The van der Waals surface area contributed by atoms with Crippen LogP contribution in [0.15, 0.2) is 30.3 Å². The van der Waals surface area contributed by atoms with E-state index in [1.54, 1.807) is 14.1 Å². The lowest BCUT2D eigenvalue weighted by molar-refractivity contribution is 0.214.